The second kappa shape index (κ2) is 7.67. The van der Waals surface area contributed by atoms with Crippen molar-refractivity contribution < 1.29 is 23.9 Å². The summed E-state index contributed by atoms with van der Waals surface area (Å²) in [5.74, 6) is -1.63. The van der Waals surface area contributed by atoms with E-state index in [9.17, 15) is 14.4 Å². The highest BCUT2D eigenvalue weighted by atomic mass is 16.5. The number of H-pyrrole nitrogens is 1. The van der Waals surface area contributed by atoms with Crippen molar-refractivity contribution in [3.05, 3.63) is 58.8 Å². The fourth-order valence-corrected chi connectivity index (χ4v) is 3.02. The number of aryl methyl sites for hydroxylation is 1. The molecule has 3 aromatic heterocycles. The van der Waals surface area contributed by atoms with Gasteiger partial charge in [-0.1, -0.05) is 6.07 Å². The van der Waals surface area contributed by atoms with Crippen molar-refractivity contribution in [2.24, 2.45) is 0 Å². The number of Topliss-reactive ketones (excluding diaryl/α,β-unsaturated/α-hetero) is 1. The summed E-state index contributed by atoms with van der Waals surface area (Å²) in [6, 6.07) is 5.38. The predicted molar refractivity (Wildman–Crippen MR) is 101 cm³/mol. The van der Waals surface area contributed by atoms with Crippen molar-refractivity contribution in [1.29, 1.82) is 0 Å². The SMILES string of the molecule is CCOC(=O)c1c(C)[nH]c(C(=O)[C@@H](C)OC(=O)c2cn3ccccc3n2)c1C. The lowest BCUT2D eigenvalue weighted by molar-refractivity contribution is 0.0311. The highest BCUT2D eigenvalue weighted by Crippen LogP contribution is 2.21. The van der Waals surface area contributed by atoms with Crippen LogP contribution < -0.4 is 0 Å². The molecule has 0 aromatic carbocycles. The van der Waals surface area contributed by atoms with Gasteiger partial charge in [-0.05, 0) is 45.4 Å². The van der Waals surface area contributed by atoms with Gasteiger partial charge in [-0.3, -0.25) is 4.79 Å². The van der Waals surface area contributed by atoms with Crippen LogP contribution >= 0.6 is 0 Å². The third-order valence-corrected chi connectivity index (χ3v) is 4.39. The van der Waals surface area contributed by atoms with Gasteiger partial charge in [0.2, 0.25) is 5.78 Å². The van der Waals surface area contributed by atoms with Crippen LogP contribution in [-0.4, -0.2) is 44.8 Å². The van der Waals surface area contributed by atoms with Gasteiger partial charge in [0.1, 0.15) is 5.65 Å². The van der Waals surface area contributed by atoms with Crippen LogP contribution in [0.15, 0.2) is 30.6 Å². The topological polar surface area (TPSA) is 103 Å². The van der Waals surface area contributed by atoms with Gasteiger partial charge >= 0.3 is 11.9 Å². The van der Waals surface area contributed by atoms with Crippen LogP contribution in [0.1, 0.15) is 56.4 Å². The van der Waals surface area contributed by atoms with Gasteiger partial charge in [-0.2, -0.15) is 0 Å². The number of nitrogens with one attached hydrogen (secondary N) is 1. The van der Waals surface area contributed by atoms with Crippen LogP contribution in [0.4, 0.5) is 0 Å². The number of rotatable bonds is 6. The fourth-order valence-electron chi connectivity index (χ4n) is 3.02. The van der Waals surface area contributed by atoms with Gasteiger partial charge in [0.25, 0.3) is 0 Å². The maximum Gasteiger partial charge on any atom is 0.359 e. The number of fused-ring (bicyclic) bond motifs is 1. The number of aromatic nitrogens is 3. The Kier molecular flexibility index (Phi) is 5.30. The monoisotopic (exact) mass is 383 g/mol. The van der Waals surface area contributed by atoms with Crippen LogP contribution in [0.2, 0.25) is 0 Å². The lowest BCUT2D eigenvalue weighted by Gasteiger charge is -2.11. The first-order valence-electron chi connectivity index (χ1n) is 8.88. The van der Waals surface area contributed by atoms with Gasteiger partial charge in [0.15, 0.2) is 11.8 Å². The molecule has 8 nitrogen and oxygen atoms in total. The van der Waals surface area contributed by atoms with E-state index in [-0.39, 0.29) is 18.0 Å². The van der Waals surface area contributed by atoms with E-state index in [2.05, 4.69) is 9.97 Å². The molecule has 1 atom stereocenters. The quantitative estimate of drug-likeness (QED) is 0.519. The molecule has 0 fully saturated rings. The highest BCUT2D eigenvalue weighted by molar-refractivity contribution is 6.04. The molecule has 0 unspecified atom stereocenters. The van der Waals surface area contributed by atoms with Gasteiger partial charge in [-0.15, -0.1) is 0 Å². The molecule has 1 N–H and O–H groups in total. The number of ether oxygens (including phenoxy) is 2. The Bertz CT molecular complexity index is 1030. The number of imidazole rings is 1. The lowest BCUT2D eigenvalue weighted by atomic mass is 10.1. The van der Waals surface area contributed by atoms with Crippen LogP contribution in [-0.2, 0) is 9.47 Å². The lowest BCUT2D eigenvalue weighted by Crippen LogP contribution is -2.25. The van der Waals surface area contributed by atoms with E-state index in [1.54, 1.807) is 43.5 Å². The molecule has 0 bridgehead atoms. The van der Waals surface area contributed by atoms with E-state index in [1.165, 1.54) is 13.1 Å². The standard InChI is InChI=1S/C20H21N3O5/c1-5-27-20(26)16-11(2)17(21-12(16)3)18(24)13(4)28-19(25)14-10-23-9-7-6-8-15(23)22-14/h6-10,13,21H,5H2,1-4H3/t13-/m1/s1. The van der Waals surface area contributed by atoms with Gasteiger partial charge in [0, 0.05) is 18.1 Å². The second-order valence-electron chi connectivity index (χ2n) is 6.35. The first-order chi connectivity index (χ1) is 13.3. The van der Waals surface area contributed by atoms with Crippen molar-refractivity contribution in [1.82, 2.24) is 14.4 Å². The maximum absolute atomic E-state index is 12.8. The number of carbonyl (C=O) groups is 3. The Morgan fingerprint density at radius 3 is 2.64 bits per heavy atom. The van der Waals surface area contributed by atoms with Gasteiger partial charge < -0.3 is 18.9 Å². The minimum absolute atomic E-state index is 0.109. The maximum atomic E-state index is 12.8. The number of hydrogen-bond donors (Lipinski definition) is 1. The Hall–Kier alpha value is -3.42. The molecule has 28 heavy (non-hydrogen) atoms. The van der Waals surface area contributed by atoms with Crippen LogP contribution in [0, 0.1) is 13.8 Å². The molecule has 0 spiro atoms. The zero-order chi connectivity index (χ0) is 20.4. The summed E-state index contributed by atoms with van der Waals surface area (Å²) in [4.78, 5) is 44.3. The average Bonchev–Trinajstić information content (AvgIpc) is 3.22. The summed E-state index contributed by atoms with van der Waals surface area (Å²) in [5, 5.41) is 0. The Morgan fingerprint density at radius 2 is 1.96 bits per heavy atom. The van der Waals surface area contributed by atoms with E-state index in [4.69, 9.17) is 9.47 Å². The molecule has 0 saturated carbocycles. The van der Waals surface area contributed by atoms with Gasteiger partial charge in [0.05, 0.1) is 17.9 Å². The third-order valence-electron chi connectivity index (χ3n) is 4.39. The first kappa shape index (κ1) is 19.3. The molecule has 0 saturated heterocycles. The molecule has 0 radical (unpaired) electrons. The zero-order valence-corrected chi connectivity index (χ0v) is 16.1. The number of ketones is 1. The highest BCUT2D eigenvalue weighted by Gasteiger charge is 2.28. The fraction of sp³-hybridized carbons (Fsp3) is 0.300. The second-order valence-corrected chi connectivity index (χ2v) is 6.35. The molecule has 0 amide bonds. The van der Waals surface area contributed by atoms with Crippen molar-refractivity contribution in [3.63, 3.8) is 0 Å². The largest absolute Gasteiger partial charge is 0.462 e. The summed E-state index contributed by atoms with van der Waals surface area (Å²) in [6.07, 6.45) is 2.25. The average molecular weight is 383 g/mol. The van der Waals surface area contributed by atoms with Gasteiger partial charge in [-0.25, -0.2) is 14.6 Å². The molecule has 3 rings (SSSR count). The Balaban J connectivity index is 1.78. The van der Waals surface area contributed by atoms with Crippen LogP contribution in [0.5, 0.6) is 0 Å². The summed E-state index contributed by atoms with van der Waals surface area (Å²) >= 11 is 0. The van der Waals surface area contributed by atoms with Crippen molar-refractivity contribution in [2.45, 2.75) is 33.8 Å². The van der Waals surface area contributed by atoms with E-state index < -0.39 is 23.8 Å². The number of carbonyl (C=O) groups excluding carboxylic acids is 3. The molecule has 0 aliphatic rings. The molecule has 3 heterocycles. The Labute approximate surface area is 161 Å². The van der Waals surface area contributed by atoms with Crippen molar-refractivity contribution >= 4 is 23.4 Å². The van der Waals surface area contributed by atoms with Crippen LogP contribution in [0.25, 0.3) is 5.65 Å². The smallest absolute Gasteiger partial charge is 0.359 e. The number of pyridine rings is 1. The molecule has 0 aliphatic heterocycles. The summed E-state index contributed by atoms with van der Waals surface area (Å²) in [7, 11) is 0. The summed E-state index contributed by atoms with van der Waals surface area (Å²) in [6.45, 7) is 6.76. The molecule has 8 heteroatoms. The normalized spacial score (nSPS) is 12.0. The Morgan fingerprint density at radius 1 is 1.21 bits per heavy atom. The first-order valence-corrected chi connectivity index (χ1v) is 8.88. The van der Waals surface area contributed by atoms with Crippen LogP contribution in [0.3, 0.4) is 0 Å². The number of aromatic amines is 1. The van der Waals surface area contributed by atoms with E-state index in [0.29, 0.717) is 22.5 Å². The van der Waals surface area contributed by atoms with E-state index in [1.807, 2.05) is 6.07 Å². The number of hydrogen-bond acceptors (Lipinski definition) is 6. The molecule has 3 aromatic rings. The zero-order valence-electron chi connectivity index (χ0n) is 16.1. The molecular weight excluding hydrogens is 362 g/mol. The number of nitrogens with zero attached hydrogens (tertiary/aromatic N) is 2. The molecule has 146 valence electrons. The minimum Gasteiger partial charge on any atom is -0.462 e. The van der Waals surface area contributed by atoms with Crippen molar-refractivity contribution in [2.75, 3.05) is 6.61 Å². The van der Waals surface area contributed by atoms with E-state index >= 15 is 0 Å². The molecule has 0 aliphatic carbocycles. The van der Waals surface area contributed by atoms with E-state index in [0.717, 1.165) is 0 Å². The minimum atomic E-state index is -1.05. The molecular formula is C20H21N3O5. The predicted octanol–water partition coefficient (Wildman–Crippen LogP) is 2.88. The summed E-state index contributed by atoms with van der Waals surface area (Å²) in [5.41, 5.74) is 2.25. The summed E-state index contributed by atoms with van der Waals surface area (Å²) < 4.78 is 12.0. The number of esters is 2. The van der Waals surface area contributed by atoms with Crippen molar-refractivity contribution in [3.8, 4) is 0 Å². The third kappa shape index (κ3) is 3.53.